The molecule has 8 heteroatoms. The number of carbonyl (C=O) groups is 3. The molecule has 0 bridgehead atoms. The minimum absolute atomic E-state index is 0.240. The molecule has 3 aliphatic rings. The lowest BCUT2D eigenvalue weighted by atomic mass is 9.76. The molecule has 0 aromatic heterocycles. The molecule has 2 aromatic rings. The van der Waals surface area contributed by atoms with Gasteiger partial charge >= 0.3 is 0 Å². The lowest BCUT2D eigenvalue weighted by Crippen LogP contribution is -2.55. The van der Waals surface area contributed by atoms with E-state index in [1.54, 1.807) is 19.1 Å². The van der Waals surface area contributed by atoms with Crippen molar-refractivity contribution in [2.75, 3.05) is 11.9 Å². The van der Waals surface area contributed by atoms with Gasteiger partial charge < -0.3 is 10.4 Å². The molecule has 3 amide bonds. The Morgan fingerprint density at radius 1 is 1.13 bits per heavy atom. The number of anilines is 1. The van der Waals surface area contributed by atoms with Gasteiger partial charge in [0.1, 0.15) is 5.54 Å². The highest BCUT2D eigenvalue weighted by Crippen LogP contribution is 2.53. The van der Waals surface area contributed by atoms with Crippen LogP contribution in [0.5, 0.6) is 0 Å². The number of aliphatic hydroxyl groups excluding tert-OH is 1. The predicted octanol–water partition coefficient (Wildman–Crippen LogP) is 1.79. The highest BCUT2D eigenvalue weighted by atomic mass is 79.9. The molecule has 31 heavy (non-hydrogen) atoms. The maximum atomic E-state index is 13.6. The number of carbonyl (C=O) groups excluding carboxylic acids is 3. The Morgan fingerprint density at radius 3 is 2.58 bits per heavy atom. The van der Waals surface area contributed by atoms with Crippen molar-refractivity contribution in [2.24, 2.45) is 11.8 Å². The van der Waals surface area contributed by atoms with Gasteiger partial charge in [0.2, 0.25) is 17.7 Å². The van der Waals surface area contributed by atoms with Crippen LogP contribution in [0, 0.1) is 11.8 Å². The molecule has 0 aliphatic carbocycles. The smallest absolute Gasteiger partial charge is 0.250 e. The van der Waals surface area contributed by atoms with Crippen LogP contribution in [0.1, 0.15) is 18.1 Å². The summed E-state index contributed by atoms with van der Waals surface area (Å²) in [5, 5.41) is 16.5. The first-order valence-electron chi connectivity index (χ1n) is 10.3. The summed E-state index contributed by atoms with van der Waals surface area (Å²) in [6.07, 6.45) is -0.381. The summed E-state index contributed by atoms with van der Waals surface area (Å²) in [4.78, 5) is 41.5. The van der Waals surface area contributed by atoms with Crippen LogP contribution in [0.3, 0.4) is 0 Å². The van der Waals surface area contributed by atoms with Crippen molar-refractivity contribution in [3.8, 4) is 0 Å². The molecule has 3 N–H and O–H groups in total. The minimum Gasteiger partial charge on any atom is -0.392 e. The third-order valence-corrected chi connectivity index (χ3v) is 7.18. The quantitative estimate of drug-likeness (QED) is 0.575. The van der Waals surface area contributed by atoms with Crippen molar-refractivity contribution >= 4 is 39.3 Å². The zero-order valence-corrected chi connectivity index (χ0v) is 18.4. The van der Waals surface area contributed by atoms with Crippen LogP contribution in [0.2, 0.25) is 0 Å². The first-order valence-corrected chi connectivity index (χ1v) is 11.1. The van der Waals surface area contributed by atoms with Crippen molar-refractivity contribution in [2.45, 2.75) is 31.0 Å². The summed E-state index contributed by atoms with van der Waals surface area (Å²) >= 11 is 3.44. The van der Waals surface area contributed by atoms with Crippen molar-refractivity contribution in [3.63, 3.8) is 0 Å². The van der Waals surface area contributed by atoms with Crippen LogP contribution in [-0.4, -0.2) is 46.4 Å². The highest BCUT2D eigenvalue weighted by molar-refractivity contribution is 9.10. The fraction of sp³-hybridized carbons (Fsp3) is 0.348. The second kappa shape index (κ2) is 7.25. The molecule has 0 radical (unpaired) electrons. The SMILES string of the molecule is CC(O)C1NC2(C(=O)Nc3ccc(Br)cc32)[C@@H]2C(=O)N(CCc3ccccc3)C(=O)[C@H]12. The number of nitrogens with one attached hydrogen (secondary N) is 2. The molecule has 7 nitrogen and oxygen atoms in total. The third-order valence-electron chi connectivity index (χ3n) is 6.69. The second-order valence-corrected chi connectivity index (χ2v) is 9.35. The monoisotopic (exact) mass is 483 g/mol. The van der Waals surface area contributed by atoms with Crippen LogP contribution in [0.25, 0.3) is 0 Å². The average molecular weight is 484 g/mol. The van der Waals surface area contributed by atoms with Crippen LogP contribution >= 0.6 is 15.9 Å². The summed E-state index contributed by atoms with van der Waals surface area (Å²) in [6, 6.07) is 14.3. The maximum Gasteiger partial charge on any atom is 0.250 e. The van der Waals surface area contributed by atoms with Gasteiger partial charge in [-0.25, -0.2) is 0 Å². The van der Waals surface area contributed by atoms with E-state index in [0.29, 0.717) is 17.7 Å². The minimum atomic E-state index is -1.39. The van der Waals surface area contributed by atoms with E-state index in [1.807, 2.05) is 36.4 Å². The fourth-order valence-corrected chi connectivity index (χ4v) is 5.65. The van der Waals surface area contributed by atoms with E-state index < -0.39 is 29.5 Å². The number of benzene rings is 2. The van der Waals surface area contributed by atoms with E-state index in [-0.39, 0.29) is 24.3 Å². The van der Waals surface area contributed by atoms with Gasteiger partial charge in [0.25, 0.3) is 0 Å². The molecule has 3 heterocycles. The van der Waals surface area contributed by atoms with E-state index in [2.05, 4.69) is 26.6 Å². The first-order chi connectivity index (χ1) is 14.8. The Kier molecular flexibility index (Phi) is 4.76. The lowest BCUT2D eigenvalue weighted by Gasteiger charge is -2.30. The van der Waals surface area contributed by atoms with Gasteiger partial charge in [-0.1, -0.05) is 46.3 Å². The van der Waals surface area contributed by atoms with E-state index in [9.17, 15) is 19.5 Å². The number of nitrogens with zero attached hydrogens (tertiary/aromatic N) is 1. The molecule has 160 valence electrons. The lowest BCUT2D eigenvalue weighted by molar-refractivity contribution is -0.143. The second-order valence-electron chi connectivity index (χ2n) is 8.43. The molecule has 2 saturated heterocycles. The third kappa shape index (κ3) is 2.89. The molecular formula is C23H22BrN3O4. The van der Waals surface area contributed by atoms with Crippen LogP contribution in [0.15, 0.2) is 53.0 Å². The molecule has 0 saturated carbocycles. The van der Waals surface area contributed by atoms with E-state index in [0.717, 1.165) is 10.0 Å². The van der Waals surface area contributed by atoms with Crippen molar-refractivity contribution in [1.82, 2.24) is 10.2 Å². The number of halogens is 1. The number of hydrogen-bond acceptors (Lipinski definition) is 5. The molecule has 5 rings (SSSR count). The molecule has 3 unspecified atom stereocenters. The normalized spacial score (nSPS) is 30.0. The Hall–Kier alpha value is -2.55. The molecule has 3 aliphatic heterocycles. The molecule has 5 atom stereocenters. The van der Waals surface area contributed by atoms with E-state index in [1.165, 1.54) is 4.90 Å². The van der Waals surface area contributed by atoms with E-state index in [4.69, 9.17) is 0 Å². The summed E-state index contributed by atoms with van der Waals surface area (Å²) in [5.41, 5.74) is 0.859. The van der Waals surface area contributed by atoms with Crippen molar-refractivity contribution < 1.29 is 19.5 Å². The number of amides is 3. The van der Waals surface area contributed by atoms with Gasteiger partial charge in [0.05, 0.1) is 17.9 Å². The largest absolute Gasteiger partial charge is 0.392 e. The molecular weight excluding hydrogens is 462 g/mol. The Morgan fingerprint density at radius 2 is 1.87 bits per heavy atom. The predicted molar refractivity (Wildman–Crippen MR) is 117 cm³/mol. The Balaban J connectivity index is 1.55. The number of imide groups is 1. The number of fused-ring (bicyclic) bond motifs is 4. The summed E-state index contributed by atoms with van der Waals surface area (Å²) in [5.74, 6) is -2.79. The van der Waals surface area contributed by atoms with Gasteiger partial charge in [-0.05, 0) is 37.1 Å². The standard InChI is InChI=1S/C23H22BrN3O4/c1-12(28)19-17-18(21(30)27(20(17)29)10-9-13-5-3-2-4-6-13)23(26-19)15-11-14(24)7-8-16(15)25-22(23)31/h2-8,11-12,17-19,26,28H,9-10H2,1H3,(H,25,31)/t12?,17-,18-,19?,23?/m0/s1. The van der Waals surface area contributed by atoms with Crippen LogP contribution in [-0.2, 0) is 26.3 Å². The zero-order chi connectivity index (χ0) is 21.9. The first kappa shape index (κ1) is 20.4. The highest BCUT2D eigenvalue weighted by Gasteiger charge is 2.71. The summed E-state index contributed by atoms with van der Waals surface area (Å²) < 4.78 is 0.763. The zero-order valence-electron chi connectivity index (χ0n) is 16.8. The molecule has 2 aromatic carbocycles. The van der Waals surface area contributed by atoms with Crippen molar-refractivity contribution in [1.29, 1.82) is 0 Å². The number of hydrogen-bond donors (Lipinski definition) is 3. The molecule has 2 fully saturated rings. The summed E-state index contributed by atoms with van der Waals surface area (Å²) in [7, 11) is 0. The Bertz CT molecular complexity index is 1090. The maximum absolute atomic E-state index is 13.6. The molecule has 1 spiro atoms. The topological polar surface area (TPSA) is 98.7 Å². The van der Waals surface area contributed by atoms with Gasteiger partial charge in [-0.3, -0.25) is 24.6 Å². The van der Waals surface area contributed by atoms with Crippen molar-refractivity contribution in [3.05, 3.63) is 64.1 Å². The van der Waals surface area contributed by atoms with Gasteiger partial charge in [0.15, 0.2) is 0 Å². The van der Waals surface area contributed by atoms with Gasteiger partial charge in [-0.2, -0.15) is 0 Å². The number of aliphatic hydroxyl groups is 1. The van der Waals surface area contributed by atoms with E-state index >= 15 is 0 Å². The van der Waals surface area contributed by atoms with Gasteiger partial charge in [0, 0.05) is 28.3 Å². The van der Waals surface area contributed by atoms with Crippen LogP contribution in [0.4, 0.5) is 5.69 Å². The number of likely N-dealkylation sites (tertiary alicyclic amines) is 1. The van der Waals surface area contributed by atoms with Gasteiger partial charge in [-0.15, -0.1) is 0 Å². The summed E-state index contributed by atoms with van der Waals surface area (Å²) in [6.45, 7) is 1.82. The average Bonchev–Trinajstić information content (AvgIpc) is 3.33. The Labute approximate surface area is 187 Å². The fourth-order valence-electron chi connectivity index (χ4n) is 5.28. The number of rotatable bonds is 4. The van der Waals surface area contributed by atoms with Crippen LogP contribution < -0.4 is 10.6 Å².